The molecule has 1 spiro atoms. The molecular formula is C15H25NO3. The molecule has 0 bridgehead atoms. The smallest absolute Gasteiger partial charge is 0.145 e. The minimum atomic E-state index is -0.484. The molecule has 2 saturated heterocycles. The van der Waals surface area contributed by atoms with Crippen LogP contribution in [-0.2, 0) is 14.3 Å². The highest BCUT2D eigenvalue weighted by Gasteiger charge is 2.50. The van der Waals surface area contributed by atoms with Crippen LogP contribution in [0.15, 0.2) is 0 Å². The van der Waals surface area contributed by atoms with E-state index in [1.165, 1.54) is 12.8 Å². The third-order valence-electron chi connectivity index (χ3n) is 5.46. The highest BCUT2D eigenvalue weighted by atomic mass is 16.5. The quantitative estimate of drug-likeness (QED) is 0.826. The normalized spacial score (nSPS) is 41.8. The number of nitrogens with two attached hydrogens (primary N) is 1. The summed E-state index contributed by atoms with van der Waals surface area (Å²) in [6.07, 6.45) is 6.46. The van der Waals surface area contributed by atoms with Crippen molar-refractivity contribution in [3.8, 4) is 0 Å². The highest BCUT2D eigenvalue weighted by Crippen LogP contribution is 2.44. The average Bonchev–Trinajstić information content (AvgIpc) is 2.98. The van der Waals surface area contributed by atoms with Crippen molar-refractivity contribution in [3.63, 3.8) is 0 Å². The summed E-state index contributed by atoms with van der Waals surface area (Å²) in [4.78, 5) is 12.9. The lowest BCUT2D eigenvalue weighted by Crippen LogP contribution is -2.50. The molecule has 0 radical (unpaired) electrons. The number of ether oxygens (including phenoxy) is 2. The van der Waals surface area contributed by atoms with Crippen LogP contribution in [0.2, 0.25) is 0 Å². The molecule has 0 aromatic carbocycles. The van der Waals surface area contributed by atoms with Crippen LogP contribution >= 0.6 is 0 Å². The van der Waals surface area contributed by atoms with E-state index in [0.29, 0.717) is 19.0 Å². The van der Waals surface area contributed by atoms with Gasteiger partial charge in [-0.3, -0.25) is 4.79 Å². The Morgan fingerprint density at radius 1 is 1.32 bits per heavy atom. The van der Waals surface area contributed by atoms with Crippen molar-refractivity contribution < 1.29 is 14.3 Å². The fourth-order valence-corrected chi connectivity index (χ4v) is 4.03. The van der Waals surface area contributed by atoms with Gasteiger partial charge in [0.1, 0.15) is 5.78 Å². The number of hydrogen-bond acceptors (Lipinski definition) is 4. The highest BCUT2D eigenvalue weighted by molar-refractivity contribution is 5.88. The lowest BCUT2D eigenvalue weighted by Gasteiger charge is -2.40. The minimum absolute atomic E-state index is 0.00149. The molecule has 2 aliphatic heterocycles. The predicted molar refractivity (Wildman–Crippen MR) is 71.8 cm³/mol. The molecule has 0 amide bonds. The second-order valence-electron chi connectivity index (χ2n) is 6.83. The number of ketones is 1. The summed E-state index contributed by atoms with van der Waals surface area (Å²) in [6, 6.07) is -0.151. The van der Waals surface area contributed by atoms with E-state index in [1.807, 2.05) is 6.92 Å². The third-order valence-corrected chi connectivity index (χ3v) is 5.46. The van der Waals surface area contributed by atoms with E-state index in [9.17, 15) is 4.79 Å². The average molecular weight is 267 g/mol. The summed E-state index contributed by atoms with van der Waals surface area (Å²) in [5.74, 6) is 0.427. The molecule has 3 atom stereocenters. The molecule has 108 valence electrons. The molecule has 0 aromatic rings. The van der Waals surface area contributed by atoms with Crippen molar-refractivity contribution in [2.75, 3.05) is 19.8 Å². The first-order chi connectivity index (χ1) is 9.06. The standard InChI is InChI=1S/C15H25NO3/c1-14(10-18-9-12(14)16)13(17)11-4-7-19-15(8-11)5-2-3-6-15/h11-12H,2-10,16H2,1H3. The van der Waals surface area contributed by atoms with Gasteiger partial charge in [0.2, 0.25) is 0 Å². The summed E-state index contributed by atoms with van der Waals surface area (Å²) in [6.45, 7) is 3.69. The zero-order valence-corrected chi connectivity index (χ0v) is 11.8. The Balaban J connectivity index is 1.73. The van der Waals surface area contributed by atoms with E-state index in [1.54, 1.807) is 0 Å². The van der Waals surface area contributed by atoms with Crippen molar-refractivity contribution in [1.29, 1.82) is 0 Å². The van der Waals surface area contributed by atoms with Gasteiger partial charge in [0.05, 0.1) is 24.2 Å². The summed E-state index contributed by atoms with van der Waals surface area (Å²) >= 11 is 0. The van der Waals surface area contributed by atoms with Crippen molar-refractivity contribution in [2.24, 2.45) is 17.1 Å². The van der Waals surface area contributed by atoms with Gasteiger partial charge >= 0.3 is 0 Å². The summed E-state index contributed by atoms with van der Waals surface area (Å²) in [5, 5.41) is 0. The van der Waals surface area contributed by atoms with Crippen LogP contribution in [0, 0.1) is 11.3 Å². The Morgan fingerprint density at radius 2 is 2.05 bits per heavy atom. The minimum Gasteiger partial charge on any atom is -0.379 e. The van der Waals surface area contributed by atoms with Crippen LogP contribution in [0.5, 0.6) is 0 Å². The monoisotopic (exact) mass is 267 g/mol. The maximum atomic E-state index is 12.9. The maximum Gasteiger partial charge on any atom is 0.145 e. The van der Waals surface area contributed by atoms with Crippen molar-refractivity contribution in [2.45, 2.75) is 57.1 Å². The van der Waals surface area contributed by atoms with Gasteiger partial charge < -0.3 is 15.2 Å². The van der Waals surface area contributed by atoms with Gasteiger partial charge in [0.15, 0.2) is 0 Å². The summed E-state index contributed by atoms with van der Waals surface area (Å²) in [5.41, 5.74) is 5.60. The van der Waals surface area contributed by atoms with E-state index in [-0.39, 0.29) is 17.6 Å². The topological polar surface area (TPSA) is 61.5 Å². The number of carbonyl (C=O) groups is 1. The first-order valence-electron chi connectivity index (χ1n) is 7.57. The van der Waals surface area contributed by atoms with Gasteiger partial charge in [-0.1, -0.05) is 12.8 Å². The fraction of sp³-hybridized carbons (Fsp3) is 0.933. The third kappa shape index (κ3) is 2.24. The molecular weight excluding hydrogens is 242 g/mol. The molecule has 19 heavy (non-hydrogen) atoms. The maximum absolute atomic E-state index is 12.9. The van der Waals surface area contributed by atoms with Crippen LogP contribution in [0.3, 0.4) is 0 Å². The van der Waals surface area contributed by atoms with Crippen LogP contribution < -0.4 is 5.73 Å². The molecule has 3 unspecified atom stereocenters. The predicted octanol–water partition coefficient (Wildman–Crippen LogP) is 1.66. The number of carbonyl (C=O) groups excluding carboxylic acids is 1. The SMILES string of the molecule is CC1(C(=O)C2CCOC3(CCCC3)C2)COCC1N. The van der Waals surface area contributed by atoms with Crippen molar-refractivity contribution in [1.82, 2.24) is 0 Å². The Bertz CT molecular complexity index is 364. The van der Waals surface area contributed by atoms with E-state index < -0.39 is 5.41 Å². The second-order valence-corrected chi connectivity index (χ2v) is 6.83. The first kappa shape index (κ1) is 13.5. The Hall–Kier alpha value is -0.450. The molecule has 0 aromatic heterocycles. The largest absolute Gasteiger partial charge is 0.379 e. The lowest BCUT2D eigenvalue weighted by molar-refractivity contribution is -0.145. The lowest BCUT2D eigenvalue weighted by atomic mass is 9.71. The molecule has 2 N–H and O–H groups in total. The Morgan fingerprint density at radius 3 is 2.68 bits per heavy atom. The molecule has 3 aliphatic rings. The molecule has 2 heterocycles. The van der Waals surface area contributed by atoms with Crippen LogP contribution in [0.4, 0.5) is 0 Å². The molecule has 3 fully saturated rings. The van der Waals surface area contributed by atoms with Gasteiger partial charge in [-0.2, -0.15) is 0 Å². The van der Waals surface area contributed by atoms with Gasteiger partial charge in [0, 0.05) is 18.6 Å². The zero-order valence-electron chi connectivity index (χ0n) is 11.8. The molecule has 3 rings (SSSR count). The molecule has 1 aliphatic carbocycles. The molecule has 4 heteroatoms. The second kappa shape index (κ2) is 4.83. The van der Waals surface area contributed by atoms with E-state index in [0.717, 1.165) is 32.3 Å². The molecule has 4 nitrogen and oxygen atoms in total. The summed E-state index contributed by atoms with van der Waals surface area (Å²) < 4.78 is 11.4. The van der Waals surface area contributed by atoms with Gasteiger partial charge in [0.25, 0.3) is 0 Å². The van der Waals surface area contributed by atoms with E-state index in [2.05, 4.69) is 0 Å². The van der Waals surface area contributed by atoms with Crippen LogP contribution in [-0.4, -0.2) is 37.2 Å². The summed E-state index contributed by atoms with van der Waals surface area (Å²) in [7, 11) is 0. The van der Waals surface area contributed by atoms with Crippen LogP contribution in [0.1, 0.15) is 45.4 Å². The van der Waals surface area contributed by atoms with Gasteiger partial charge in [-0.25, -0.2) is 0 Å². The van der Waals surface area contributed by atoms with Gasteiger partial charge in [-0.15, -0.1) is 0 Å². The number of Topliss-reactive ketones (excluding diaryl/α,β-unsaturated/α-hetero) is 1. The van der Waals surface area contributed by atoms with Crippen molar-refractivity contribution >= 4 is 5.78 Å². The zero-order chi connectivity index (χ0) is 13.5. The molecule has 1 saturated carbocycles. The van der Waals surface area contributed by atoms with E-state index in [4.69, 9.17) is 15.2 Å². The van der Waals surface area contributed by atoms with Crippen molar-refractivity contribution in [3.05, 3.63) is 0 Å². The fourth-order valence-electron chi connectivity index (χ4n) is 4.03. The number of hydrogen-bond donors (Lipinski definition) is 1. The van der Waals surface area contributed by atoms with E-state index >= 15 is 0 Å². The first-order valence-corrected chi connectivity index (χ1v) is 7.57. The Kier molecular flexibility index (Phi) is 3.44. The Labute approximate surface area is 115 Å². The number of rotatable bonds is 2. The van der Waals surface area contributed by atoms with Gasteiger partial charge in [-0.05, 0) is 32.6 Å². The van der Waals surface area contributed by atoms with Crippen LogP contribution in [0.25, 0.3) is 0 Å².